The minimum atomic E-state index is -3.37. The van der Waals surface area contributed by atoms with Crippen LogP contribution in [0.15, 0.2) is 0 Å². The van der Waals surface area contributed by atoms with Crippen LogP contribution >= 0.6 is 0 Å². The van der Waals surface area contributed by atoms with E-state index in [0.29, 0.717) is 25.4 Å². The lowest BCUT2D eigenvalue weighted by molar-refractivity contribution is -0.131. The van der Waals surface area contributed by atoms with Gasteiger partial charge in [0.25, 0.3) is 0 Å². The van der Waals surface area contributed by atoms with Gasteiger partial charge in [0, 0.05) is 13.1 Å². The summed E-state index contributed by atoms with van der Waals surface area (Å²) in [5.74, 6) is 0.413. The van der Waals surface area contributed by atoms with Crippen molar-refractivity contribution in [2.45, 2.75) is 38.6 Å². The Balaban J connectivity index is 2.00. The Labute approximate surface area is 121 Å². The Kier molecular flexibility index (Phi) is 4.71. The molecule has 0 saturated carbocycles. The average molecular weight is 303 g/mol. The minimum Gasteiger partial charge on any atom is -0.353 e. The van der Waals surface area contributed by atoms with Gasteiger partial charge in [0.15, 0.2) is 0 Å². The average Bonchev–Trinajstić information content (AvgIpc) is 2.40. The Morgan fingerprint density at radius 3 is 2.55 bits per heavy atom. The maximum absolute atomic E-state index is 12.5. The number of carbonyl (C=O) groups is 1. The monoisotopic (exact) mass is 303 g/mol. The third kappa shape index (κ3) is 3.32. The predicted molar refractivity (Wildman–Crippen MR) is 77.8 cm³/mol. The van der Waals surface area contributed by atoms with Crippen molar-refractivity contribution in [1.29, 1.82) is 0 Å². The fraction of sp³-hybridized carbons (Fsp3) is 0.923. The highest BCUT2D eigenvalue weighted by Crippen LogP contribution is 2.24. The van der Waals surface area contributed by atoms with Gasteiger partial charge in [0.05, 0.1) is 5.75 Å². The molecule has 1 amide bonds. The summed E-state index contributed by atoms with van der Waals surface area (Å²) >= 11 is 0. The van der Waals surface area contributed by atoms with Gasteiger partial charge >= 0.3 is 0 Å². The zero-order valence-corrected chi connectivity index (χ0v) is 13.1. The number of carbonyl (C=O) groups excluding carboxylic acids is 1. The molecule has 0 aliphatic carbocycles. The SMILES string of the molecule is CC1(C)C(=O)NCCN1S(=O)(=O)CCC1CCNCC1. The van der Waals surface area contributed by atoms with Gasteiger partial charge in [-0.3, -0.25) is 4.79 Å². The van der Waals surface area contributed by atoms with E-state index in [0.717, 1.165) is 25.9 Å². The predicted octanol–water partition coefficient (Wildman–Crippen LogP) is -0.0837. The molecule has 0 aromatic rings. The highest BCUT2D eigenvalue weighted by atomic mass is 32.2. The molecular formula is C13H25N3O3S. The fourth-order valence-electron chi connectivity index (χ4n) is 2.96. The molecular weight excluding hydrogens is 278 g/mol. The summed E-state index contributed by atoms with van der Waals surface area (Å²) in [6, 6.07) is 0. The molecule has 2 aliphatic heterocycles. The van der Waals surface area contributed by atoms with Crippen LogP contribution in [0.2, 0.25) is 0 Å². The van der Waals surface area contributed by atoms with Gasteiger partial charge in [-0.25, -0.2) is 8.42 Å². The number of piperidine rings is 1. The number of nitrogens with one attached hydrogen (secondary N) is 2. The summed E-state index contributed by atoms with van der Waals surface area (Å²) in [5, 5.41) is 6.01. The van der Waals surface area contributed by atoms with Crippen LogP contribution in [0.25, 0.3) is 0 Å². The molecule has 0 unspecified atom stereocenters. The molecule has 20 heavy (non-hydrogen) atoms. The standard InChI is InChI=1S/C13H25N3O3S/c1-13(2)12(17)15-8-9-16(13)20(18,19)10-5-11-3-6-14-7-4-11/h11,14H,3-10H2,1-2H3,(H,15,17). The minimum absolute atomic E-state index is 0.147. The van der Waals surface area contributed by atoms with Crippen molar-refractivity contribution < 1.29 is 13.2 Å². The van der Waals surface area contributed by atoms with Gasteiger partial charge in [0.1, 0.15) is 5.54 Å². The molecule has 0 bridgehead atoms. The van der Waals surface area contributed by atoms with Crippen LogP contribution in [0.3, 0.4) is 0 Å². The van der Waals surface area contributed by atoms with E-state index in [-0.39, 0.29) is 11.7 Å². The molecule has 2 heterocycles. The van der Waals surface area contributed by atoms with Crippen LogP contribution in [-0.2, 0) is 14.8 Å². The van der Waals surface area contributed by atoms with Gasteiger partial charge in [-0.2, -0.15) is 4.31 Å². The zero-order chi connectivity index (χ0) is 14.8. The first-order chi connectivity index (χ1) is 9.34. The topological polar surface area (TPSA) is 78.5 Å². The van der Waals surface area contributed by atoms with E-state index in [1.807, 2.05) is 0 Å². The number of piperazine rings is 1. The number of hydrogen-bond donors (Lipinski definition) is 2. The van der Waals surface area contributed by atoms with Gasteiger partial charge in [-0.15, -0.1) is 0 Å². The van der Waals surface area contributed by atoms with E-state index in [9.17, 15) is 13.2 Å². The van der Waals surface area contributed by atoms with Crippen molar-refractivity contribution in [2.75, 3.05) is 31.9 Å². The lowest BCUT2D eigenvalue weighted by atomic mass is 9.96. The zero-order valence-electron chi connectivity index (χ0n) is 12.3. The van der Waals surface area contributed by atoms with Gasteiger partial charge in [-0.1, -0.05) is 0 Å². The lowest BCUT2D eigenvalue weighted by Crippen LogP contribution is -2.63. The highest BCUT2D eigenvalue weighted by Gasteiger charge is 2.44. The molecule has 2 aliphatic rings. The van der Waals surface area contributed by atoms with Gasteiger partial charge in [-0.05, 0) is 52.1 Å². The molecule has 6 nitrogen and oxygen atoms in total. The Bertz CT molecular complexity index is 455. The first kappa shape index (κ1) is 15.7. The van der Waals surface area contributed by atoms with Crippen molar-refractivity contribution in [3.05, 3.63) is 0 Å². The molecule has 0 radical (unpaired) electrons. The molecule has 0 aromatic carbocycles. The maximum Gasteiger partial charge on any atom is 0.241 e. The van der Waals surface area contributed by atoms with Crippen molar-refractivity contribution >= 4 is 15.9 Å². The number of sulfonamides is 1. The van der Waals surface area contributed by atoms with E-state index in [2.05, 4.69) is 10.6 Å². The molecule has 0 atom stereocenters. The second-order valence-corrected chi connectivity index (χ2v) is 8.20. The van der Waals surface area contributed by atoms with E-state index in [1.54, 1.807) is 13.8 Å². The van der Waals surface area contributed by atoms with E-state index < -0.39 is 15.6 Å². The van der Waals surface area contributed by atoms with Crippen molar-refractivity contribution in [2.24, 2.45) is 5.92 Å². The van der Waals surface area contributed by atoms with E-state index in [4.69, 9.17) is 0 Å². The van der Waals surface area contributed by atoms with Gasteiger partial charge in [0.2, 0.25) is 15.9 Å². The molecule has 2 N–H and O–H groups in total. The van der Waals surface area contributed by atoms with Crippen molar-refractivity contribution in [3.63, 3.8) is 0 Å². The highest BCUT2D eigenvalue weighted by molar-refractivity contribution is 7.89. The fourth-order valence-corrected chi connectivity index (χ4v) is 4.96. The van der Waals surface area contributed by atoms with Crippen molar-refractivity contribution in [1.82, 2.24) is 14.9 Å². The molecule has 116 valence electrons. The Morgan fingerprint density at radius 1 is 1.25 bits per heavy atom. The largest absolute Gasteiger partial charge is 0.353 e. The van der Waals surface area contributed by atoms with Crippen LogP contribution in [0, 0.1) is 5.92 Å². The number of nitrogens with zero attached hydrogens (tertiary/aromatic N) is 1. The second kappa shape index (κ2) is 5.99. The Hall–Kier alpha value is -0.660. The lowest BCUT2D eigenvalue weighted by Gasteiger charge is -2.40. The Morgan fingerprint density at radius 2 is 1.90 bits per heavy atom. The summed E-state index contributed by atoms with van der Waals surface area (Å²) in [7, 11) is -3.37. The smallest absolute Gasteiger partial charge is 0.241 e. The summed E-state index contributed by atoms with van der Waals surface area (Å²) in [6.45, 7) is 6.06. The third-order valence-electron chi connectivity index (χ3n) is 4.36. The summed E-state index contributed by atoms with van der Waals surface area (Å²) in [5.41, 5.74) is -0.981. The molecule has 7 heteroatoms. The molecule has 2 saturated heterocycles. The summed E-state index contributed by atoms with van der Waals surface area (Å²) < 4.78 is 26.4. The normalized spacial score (nSPS) is 25.4. The summed E-state index contributed by atoms with van der Waals surface area (Å²) in [4.78, 5) is 11.9. The summed E-state index contributed by atoms with van der Waals surface area (Å²) in [6.07, 6.45) is 2.77. The molecule has 0 spiro atoms. The number of rotatable bonds is 4. The molecule has 2 fully saturated rings. The van der Waals surface area contributed by atoms with Crippen LogP contribution in [0.5, 0.6) is 0 Å². The van der Waals surface area contributed by atoms with Crippen LogP contribution in [0.1, 0.15) is 33.1 Å². The van der Waals surface area contributed by atoms with Crippen LogP contribution in [-0.4, -0.2) is 56.1 Å². The second-order valence-electron chi connectivity index (χ2n) is 6.19. The maximum atomic E-state index is 12.5. The first-order valence-electron chi connectivity index (χ1n) is 7.33. The van der Waals surface area contributed by atoms with Crippen LogP contribution < -0.4 is 10.6 Å². The molecule has 2 rings (SSSR count). The van der Waals surface area contributed by atoms with E-state index in [1.165, 1.54) is 4.31 Å². The van der Waals surface area contributed by atoms with E-state index >= 15 is 0 Å². The third-order valence-corrected chi connectivity index (χ3v) is 6.42. The van der Waals surface area contributed by atoms with Gasteiger partial charge < -0.3 is 10.6 Å². The molecule has 0 aromatic heterocycles. The van der Waals surface area contributed by atoms with Crippen LogP contribution in [0.4, 0.5) is 0 Å². The number of amides is 1. The van der Waals surface area contributed by atoms with Crippen molar-refractivity contribution in [3.8, 4) is 0 Å². The quantitative estimate of drug-likeness (QED) is 0.761. The first-order valence-corrected chi connectivity index (χ1v) is 8.94. The number of hydrogen-bond acceptors (Lipinski definition) is 4.